The van der Waals surface area contributed by atoms with Crippen LogP contribution in [0.5, 0.6) is 0 Å². The molecule has 0 atom stereocenters. The van der Waals surface area contributed by atoms with Gasteiger partial charge in [-0.05, 0) is 50.8 Å². The van der Waals surface area contributed by atoms with E-state index in [0.717, 1.165) is 42.8 Å². The molecule has 1 aromatic rings. The average Bonchev–Trinajstić information content (AvgIpc) is 2.87. The highest BCUT2D eigenvalue weighted by Crippen LogP contribution is 2.22. The van der Waals surface area contributed by atoms with E-state index in [0.29, 0.717) is 12.8 Å². The molecule has 26 heavy (non-hydrogen) atoms. The van der Waals surface area contributed by atoms with Crippen LogP contribution in [-0.2, 0) is 11.3 Å². The summed E-state index contributed by atoms with van der Waals surface area (Å²) in [7, 11) is 0. The van der Waals surface area contributed by atoms with Gasteiger partial charge in [-0.3, -0.25) is 4.79 Å². The van der Waals surface area contributed by atoms with Gasteiger partial charge in [0.25, 0.3) is 5.91 Å². The Labute approximate surface area is 157 Å². The summed E-state index contributed by atoms with van der Waals surface area (Å²) in [6.07, 6.45) is 5.38. The first-order valence-electron chi connectivity index (χ1n) is 9.40. The molecule has 140 valence electrons. The molecule has 1 amide bonds. The average molecular weight is 354 g/mol. The number of aryl methyl sites for hydroxylation is 1. The molecule has 0 aromatic carbocycles. The summed E-state index contributed by atoms with van der Waals surface area (Å²) in [6.45, 7) is 11.0. The molecule has 0 saturated carbocycles. The molecule has 0 bridgehead atoms. The van der Waals surface area contributed by atoms with Crippen molar-refractivity contribution >= 4 is 12.0 Å². The standard InChI is InChI=1S/C21H30N4O/c1-6-9-21(15-23,10-7-2)24-20(26)19(14-22)13-18-12-16(4)25(11-8-3)17(18)5/h12-13H,6-11H2,1-5H3,(H,24,26)/b19-13+. The largest absolute Gasteiger partial charge is 0.349 e. The van der Waals surface area contributed by atoms with Crippen molar-refractivity contribution in [2.24, 2.45) is 0 Å². The van der Waals surface area contributed by atoms with Gasteiger partial charge >= 0.3 is 0 Å². The Morgan fingerprint density at radius 3 is 2.27 bits per heavy atom. The van der Waals surface area contributed by atoms with Gasteiger partial charge in [-0.15, -0.1) is 0 Å². The highest BCUT2D eigenvalue weighted by atomic mass is 16.1. The van der Waals surface area contributed by atoms with Crippen LogP contribution in [0.4, 0.5) is 0 Å². The Bertz CT molecular complexity index is 737. The van der Waals surface area contributed by atoms with E-state index in [1.807, 2.05) is 39.8 Å². The van der Waals surface area contributed by atoms with Crippen LogP contribution in [0.15, 0.2) is 11.6 Å². The summed E-state index contributed by atoms with van der Waals surface area (Å²) in [6, 6.07) is 6.25. The number of hydrogen-bond acceptors (Lipinski definition) is 3. The van der Waals surface area contributed by atoms with Crippen molar-refractivity contribution in [2.45, 2.75) is 78.8 Å². The third-order valence-electron chi connectivity index (χ3n) is 4.65. The van der Waals surface area contributed by atoms with Crippen LogP contribution in [0.25, 0.3) is 6.08 Å². The summed E-state index contributed by atoms with van der Waals surface area (Å²) in [4.78, 5) is 12.7. The number of nitrogens with one attached hydrogen (secondary N) is 1. The van der Waals surface area contributed by atoms with E-state index in [1.54, 1.807) is 6.08 Å². The molecular weight excluding hydrogens is 324 g/mol. The van der Waals surface area contributed by atoms with Gasteiger partial charge in [-0.1, -0.05) is 33.6 Å². The van der Waals surface area contributed by atoms with Crippen molar-refractivity contribution in [3.05, 3.63) is 28.6 Å². The third-order valence-corrected chi connectivity index (χ3v) is 4.65. The number of amides is 1. The fourth-order valence-corrected chi connectivity index (χ4v) is 3.37. The maximum absolute atomic E-state index is 12.7. The number of aromatic nitrogens is 1. The van der Waals surface area contributed by atoms with E-state index >= 15 is 0 Å². The van der Waals surface area contributed by atoms with Crippen LogP contribution < -0.4 is 5.32 Å². The van der Waals surface area contributed by atoms with E-state index in [4.69, 9.17) is 0 Å². The first-order chi connectivity index (χ1) is 12.4. The van der Waals surface area contributed by atoms with Crippen LogP contribution >= 0.6 is 0 Å². The minimum Gasteiger partial charge on any atom is -0.349 e. The molecule has 0 aliphatic carbocycles. The van der Waals surface area contributed by atoms with Crippen LogP contribution in [0.2, 0.25) is 0 Å². The molecule has 5 heteroatoms. The van der Waals surface area contributed by atoms with E-state index < -0.39 is 11.4 Å². The Morgan fingerprint density at radius 1 is 1.19 bits per heavy atom. The van der Waals surface area contributed by atoms with E-state index in [2.05, 4.69) is 22.9 Å². The van der Waals surface area contributed by atoms with Crippen molar-refractivity contribution in [1.82, 2.24) is 9.88 Å². The predicted octanol–water partition coefficient (Wildman–Crippen LogP) is 4.40. The zero-order chi connectivity index (χ0) is 19.7. The minimum absolute atomic E-state index is 0.0357. The molecule has 0 fully saturated rings. The second-order valence-electron chi connectivity index (χ2n) is 6.80. The molecule has 0 saturated heterocycles. The Balaban J connectivity index is 3.17. The van der Waals surface area contributed by atoms with Gasteiger partial charge in [0.2, 0.25) is 0 Å². The Kier molecular flexibility index (Phi) is 8.13. The molecule has 1 N–H and O–H groups in total. The topological polar surface area (TPSA) is 81.6 Å². The first-order valence-corrected chi connectivity index (χ1v) is 9.40. The maximum atomic E-state index is 12.7. The number of rotatable bonds is 9. The van der Waals surface area contributed by atoms with Crippen LogP contribution in [0.3, 0.4) is 0 Å². The third kappa shape index (κ3) is 4.99. The molecule has 5 nitrogen and oxygen atoms in total. The van der Waals surface area contributed by atoms with Crippen LogP contribution in [-0.4, -0.2) is 16.0 Å². The lowest BCUT2D eigenvalue weighted by Gasteiger charge is -2.27. The summed E-state index contributed by atoms with van der Waals surface area (Å²) in [5.41, 5.74) is 2.15. The lowest BCUT2D eigenvalue weighted by molar-refractivity contribution is -0.118. The van der Waals surface area contributed by atoms with Crippen molar-refractivity contribution in [3.8, 4) is 12.1 Å². The molecule has 0 aliphatic rings. The molecule has 1 rings (SSSR count). The fourth-order valence-electron chi connectivity index (χ4n) is 3.37. The Hall–Kier alpha value is -2.53. The zero-order valence-electron chi connectivity index (χ0n) is 16.6. The summed E-state index contributed by atoms with van der Waals surface area (Å²) < 4.78 is 2.19. The van der Waals surface area contributed by atoms with Crippen LogP contribution in [0.1, 0.15) is 69.8 Å². The van der Waals surface area contributed by atoms with Gasteiger partial charge in [-0.2, -0.15) is 10.5 Å². The number of carbonyl (C=O) groups is 1. The van der Waals surface area contributed by atoms with Gasteiger partial charge in [0.15, 0.2) is 0 Å². The maximum Gasteiger partial charge on any atom is 0.263 e. The normalized spacial score (nSPS) is 11.7. The van der Waals surface area contributed by atoms with Crippen molar-refractivity contribution in [1.29, 1.82) is 10.5 Å². The molecule has 1 aromatic heterocycles. The van der Waals surface area contributed by atoms with E-state index in [9.17, 15) is 15.3 Å². The van der Waals surface area contributed by atoms with Crippen LogP contribution in [0, 0.1) is 36.5 Å². The smallest absolute Gasteiger partial charge is 0.263 e. The molecule has 0 spiro atoms. The van der Waals surface area contributed by atoms with Gasteiger partial charge in [-0.25, -0.2) is 0 Å². The van der Waals surface area contributed by atoms with Gasteiger partial charge in [0.1, 0.15) is 17.2 Å². The highest BCUT2D eigenvalue weighted by molar-refractivity contribution is 6.02. The van der Waals surface area contributed by atoms with Crippen molar-refractivity contribution in [2.75, 3.05) is 0 Å². The zero-order valence-corrected chi connectivity index (χ0v) is 16.6. The molecule has 0 unspecified atom stereocenters. The molecule has 0 aliphatic heterocycles. The molecular formula is C21H30N4O. The van der Waals surface area contributed by atoms with Crippen molar-refractivity contribution < 1.29 is 4.79 Å². The number of nitrogens with zero attached hydrogens (tertiary/aromatic N) is 3. The number of carbonyl (C=O) groups excluding carboxylic acids is 1. The summed E-state index contributed by atoms with van der Waals surface area (Å²) >= 11 is 0. The quantitative estimate of drug-likeness (QED) is 0.527. The number of hydrogen-bond donors (Lipinski definition) is 1. The minimum atomic E-state index is -0.907. The second-order valence-corrected chi connectivity index (χ2v) is 6.80. The highest BCUT2D eigenvalue weighted by Gasteiger charge is 2.31. The Morgan fingerprint density at radius 2 is 1.81 bits per heavy atom. The predicted molar refractivity (Wildman–Crippen MR) is 104 cm³/mol. The van der Waals surface area contributed by atoms with Gasteiger partial charge in [0, 0.05) is 17.9 Å². The molecule has 1 heterocycles. The lowest BCUT2D eigenvalue weighted by Crippen LogP contribution is -2.47. The molecule has 0 radical (unpaired) electrons. The summed E-state index contributed by atoms with van der Waals surface area (Å²) in [5, 5.41) is 21.9. The second kappa shape index (κ2) is 9.82. The SMILES string of the molecule is CCCn1c(C)cc(/C=C(\C#N)C(=O)NC(C#N)(CCC)CCC)c1C. The van der Waals surface area contributed by atoms with E-state index in [-0.39, 0.29) is 5.57 Å². The lowest BCUT2D eigenvalue weighted by atomic mass is 9.89. The fraction of sp³-hybridized carbons (Fsp3) is 0.571. The van der Waals surface area contributed by atoms with Crippen molar-refractivity contribution in [3.63, 3.8) is 0 Å². The monoisotopic (exact) mass is 354 g/mol. The van der Waals surface area contributed by atoms with Gasteiger partial charge < -0.3 is 9.88 Å². The number of nitriles is 2. The summed E-state index contributed by atoms with van der Waals surface area (Å²) in [5.74, 6) is -0.476. The van der Waals surface area contributed by atoms with Gasteiger partial charge in [0.05, 0.1) is 6.07 Å². The van der Waals surface area contributed by atoms with E-state index in [1.165, 1.54) is 0 Å². The first kappa shape index (κ1) is 21.5.